The fourth-order valence-corrected chi connectivity index (χ4v) is 2.02. The maximum absolute atomic E-state index is 11.8. The molecule has 108 valence electrons. The van der Waals surface area contributed by atoms with Crippen LogP contribution in [0.15, 0.2) is 51.9 Å². The summed E-state index contributed by atoms with van der Waals surface area (Å²) in [4.78, 5) is 34.4. The number of benzene rings is 1. The maximum Gasteiger partial charge on any atom is 0.331 e. The van der Waals surface area contributed by atoms with Crippen LogP contribution in [0.25, 0.3) is 0 Å². The number of rotatable bonds is 4. The van der Waals surface area contributed by atoms with Crippen molar-refractivity contribution >= 4 is 27.8 Å². The molecule has 1 amide bonds. The monoisotopic (exact) mass is 350 g/mol. The minimum absolute atomic E-state index is 0.194. The molecule has 0 atom stereocenters. The van der Waals surface area contributed by atoms with Crippen molar-refractivity contribution in [3.05, 3.63) is 63.0 Å². The molecule has 0 radical (unpaired) electrons. The van der Waals surface area contributed by atoms with E-state index in [2.05, 4.69) is 15.9 Å². The number of ether oxygens (including phenoxy) is 1. The van der Waals surface area contributed by atoms with Crippen LogP contribution < -0.4 is 16.0 Å². The molecule has 1 aromatic heterocycles. The molecule has 0 saturated carbocycles. The lowest BCUT2D eigenvalue weighted by atomic mass is 10.2. The van der Waals surface area contributed by atoms with Crippen molar-refractivity contribution in [2.75, 3.05) is 0 Å². The highest BCUT2D eigenvalue weighted by Crippen LogP contribution is 2.13. The van der Waals surface area contributed by atoms with Crippen molar-refractivity contribution in [3.63, 3.8) is 0 Å². The minimum atomic E-state index is -0.628. The van der Waals surface area contributed by atoms with Gasteiger partial charge in [-0.3, -0.25) is 9.59 Å². The van der Waals surface area contributed by atoms with E-state index in [0.29, 0.717) is 4.47 Å². The number of carbonyl (C=O) groups excluding carboxylic acids is 2. The van der Waals surface area contributed by atoms with Gasteiger partial charge >= 0.3 is 5.97 Å². The van der Waals surface area contributed by atoms with E-state index >= 15 is 0 Å². The molecule has 2 aromatic rings. The summed E-state index contributed by atoms with van der Waals surface area (Å²) < 4.78 is 6.97. The highest BCUT2D eigenvalue weighted by molar-refractivity contribution is 9.10. The lowest BCUT2D eigenvalue weighted by Crippen LogP contribution is -2.25. The average molecular weight is 351 g/mol. The number of amides is 1. The molecular formula is C14H11BrN2O4. The number of halogens is 1. The zero-order valence-corrected chi connectivity index (χ0v) is 12.4. The van der Waals surface area contributed by atoms with Gasteiger partial charge in [-0.15, -0.1) is 0 Å². The van der Waals surface area contributed by atoms with Crippen LogP contribution in [0.3, 0.4) is 0 Å². The van der Waals surface area contributed by atoms with Crippen molar-refractivity contribution in [3.8, 4) is 5.75 Å². The van der Waals surface area contributed by atoms with Crippen LogP contribution in [0.4, 0.5) is 0 Å². The number of nitrogens with zero attached hydrogens (tertiary/aromatic N) is 1. The Morgan fingerprint density at radius 3 is 2.71 bits per heavy atom. The van der Waals surface area contributed by atoms with Crippen molar-refractivity contribution in [2.45, 2.75) is 6.54 Å². The van der Waals surface area contributed by atoms with E-state index in [4.69, 9.17) is 10.5 Å². The normalized spacial score (nSPS) is 10.1. The number of esters is 1. The Labute approximate surface area is 128 Å². The quantitative estimate of drug-likeness (QED) is 0.664. The number of pyridine rings is 1. The molecule has 0 aliphatic rings. The molecule has 0 aliphatic carbocycles. The van der Waals surface area contributed by atoms with Crippen LogP contribution in [-0.2, 0) is 11.3 Å². The average Bonchev–Trinajstić information content (AvgIpc) is 2.43. The Balaban J connectivity index is 2.11. The van der Waals surface area contributed by atoms with Crippen LogP contribution >= 0.6 is 15.9 Å². The molecule has 2 N–H and O–H groups in total. The summed E-state index contributed by atoms with van der Waals surface area (Å²) in [6.07, 6.45) is 1.49. The van der Waals surface area contributed by atoms with Crippen molar-refractivity contribution in [2.24, 2.45) is 5.73 Å². The molecule has 6 nitrogen and oxygen atoms in total. The van der Waals surface area contributed by atoms with Gasteiger partial charge in [0.2, 0.25) is 5.91 Å². The second-order valence-corrected chi connectivity index (χ2v) is 5.10. The first-order valence-corrected chi connectivity index (χ1v) is 6.71. The fraction of sp³-hybridized carbons (Fsp3) is 0.0714. The smallest absolute Gasteiger partial charge is 0.331 e. The molecule has 0 fully saturated rings. The largest absolute Gasteiger partial charge is 0.425 e. The van der Waals surface area contributed by atoms with Crippen LogP contribution in [-0.4, -0.2) is 16.4 Å². The zero-order valence-electron chi connectivity index (χ0n) is 10.8. The van der Waals surface area contributed by atoms with Crippen LogP contribution in [0, 0.1) is 0 Å². The van der Waals surface area contributed by atoms with E-state index < -0.39 is 11.9 Å². The third-order valence-electron chi connectivity index (χ3n) is 2.60. The van der Waals surface area contributed by atoms with Gasteiger partial charge in [0.15, 0.2) is 0 Å². The lowest BCUT2D eigenvalue weighted by molar-refractivity contribution is -0.135. The summed E-state index contributed by atoms with van der Waals surface area (Å²) in [6, 6.07) is 8.87. The van der Waals surface area contributed by atoms with Gasteiger partial charge in [-0.2, -0.15) is 0 Å². The first-order valence-electron chi connectivity index (χ1n) is 5.92. The third kappa shape index (κ3) is 4.03. The van der Waals surface area contributed by atoms with E-state index in [0.717, 1.165) is 0 Å². The van der Waals surface area contributed by atoms with Gasteiger partial charge in [0.05, 0.1) is 0 Å². The maximum atomic E-state index is 11.8. The Kier molecular flexibility index (Phi) is 4.54. The van der Waals surface area contributed by atoms with E-state index in [-0.39, 0.29) is 23.4 Å². The van der Waals surface area contributed by atoms with Gasteiger partial charge in [-0.05, 0) is 40.2 Å². The standard InChI is InChI=1S/C14H11BrN2O4/c15-10-4-5-12(18)17(7-10)8-13(19)21-11-3-1-2-9(6-11)14(16)20/h1-7H,8H2,(H2,16,20). The minimum Gasteiger partial charge on any atom is -0.425 e. The molecule has 7 heteroatoms. The van der Waals surface area contributed by atoms with Gasteiger partial charge in [-0.1, -0.05) is 6.07 Å². The fourth-order valence-electron chi connectivity index (χ4n) is 1.64. The first-order chi connectivity index (χ1) is 9.95. The highest BCUT2D eigenvalue weighted by Gasteiger charge is 2.09. The Morgan fingerprint density at radius 2 is 2.00 bits per heavy atom. The van der Waals surface area contributed by atoms with Gasteiger partial charge in [0, 0.05) is 22.3 Å². The van der Waals surface area contributed by atoms with Crippen molar-refractivity contribution < 1.29 is 14.3 Å². The predicted octanol–water partition coefficient (Wildman–Crippen LogP) is 1.32. The number of hydrogen-bond acceptors (Lipinski definition) is 4. The summed E-state index contributed by atoms with van der Waals surface area (Å²) >= 11 is 3.22. The molecule has 0 unspecified atom stereocenters. The summed E-state index contributed by atoms with van der Waals surface area (Å²) in [7, 11) is 0. The Morgan fingerprint density at radius 1 is 1.24 bits per heavy atom. The predicted molar refractivity (Wildman–Crippen MR) is 79.0 cm³/mol. The van der Waals surface area contributed by atoms with Crippen molar-refractivity contribution in [1.29, 1.82) is 0 Å². The summed E-state index contributed by atoms with van der Waals surface area (Å²) in [5.74, 6) is -1.05. The molecule has 0 bridgehead atoms. The van der Waals surface area contributed by atoms with Crippen LogP contribution in [0.5, 0.6) is 5.75 Å². The topological polar surface area (TPSA) is 91.4 Å². The number of nitrogens with two attached hydrogens (primary N) is 1. The third-order valence-corrected chi connectivity index (χ3v) is 3.07. The zero-order chi connectivity index (χ0) is 15.4. The molecule has 0 aliphatic heterocycles. The molecule has 21 heavy (non-hydrogen) atoms. The molecule has 0 spiro atoms. The van der Waals surface area contributed by atoms with E-state index in [1.165, 1.54) is 35.0 Å². The lowest BCUT2D eigenvalue weighted by Gasteiger charge is -2.07. The van der Waals surface area contributed by atoms with Gasteiger partial charge in [0.1, 0.15) is 12.3 Å². The Bertz CT molecular complexity index is 755. The summed E-state index contributed by atoms with van der Waals surface area (Å²) in [5.41, 5.74) is 5.06. The SMILES string of the molecule is NC(=O)c1cccc(OC(=O)Cn2cc(Br)ccc2=O)c1. The second-order valence-electron chi connectivity index (χ2n) is 4.18. The molecule has 1 heterocycles. The summed E-state index contributed by atoms with van der Waals surface area (Å²) in [5, 5.41) is 0. The van der Waals surface area contributed by atoms with E-state index in [1.54, 1.807) is 12.1 Å². The number of hydrogen-bond donors (Lipinski definition) is 1. The van der Waals surface area contributed by atoms with Crippen molar-refractivity contribution in [1.82, 2.24) is 4.57 Å². The summed E-state index contributed by atoms with van der Waals surface area (Å²) in [6.45, 7) is -0.237. The molecule has 1 aromatic carbocycles. The van der Waals surface area contributed by atoms with Gasteiger partial charge < -0.3 is 15.0 Å². The molecule has 0 saturated heterocycles. The van der Waals surface area contributed by atoms with Crippen LogP contribution in [0.2, 0.25) is 0 Å². The highest BCUT2D eigenvalue weighted by atomic mass is 79.9. The molecule has 2 rings (SSSR count). The Hall–Kier alpha value is -2.41. The first kappa shape index (κ1) is 15.0. The van der Waals surface area contributed by atoms with Crippen LogP contribution in [0.1, 0.15) is 10.4 Å². The number of primary amides is 1. The van der Waals surface area contributed by atoms with Gasteiger partial charge in [0.25, 0.3) is 5.56 Å². The van der Waals surface area contributed by atoms with Gasteiger partial charge in [-0.25, -0.2) is 4.79 Å². The second kappa shape index (κ2) is 6.36. The molecular weight excluding hydrogens is 340 g/mol. The van der Waals surface area contributed by atoms with E-state index in [9.17, 15) is 14.4 Å². The number of aromatic nitrogens is 1. The van der Waals surface area contributed by atoms with E-state index in [1.807, 2.05) is 0 Å². The number of carbonyl (C=O) groups is 2.